The van der Waals surface area contributed by atoms with Crippen LogP contribution in [0.4, 0.5) is 0 Å². The largest absolute Gasteiger partial charge is 0.441 e. The van der Waals surface area contributed by atoms with Crippen LogP contribution in [0.15, 0.2) is 28.7 Å². The van der Waals surface area contributed by atoms with E-state index >= 15 is 0 Å². The summed E-state index contributed by atoms with van der Waals surface area (Å²) in [6.45, 7) is 11.0. The monoisotopic (exact) mass is 435 g/mol. The second-order valence-electron chi connectivity index (χ2n) is 7.61. The maximum absolute atomic E-state index is 12.5. The van der Waals surface area contributed by atoms with E-state index in [2.05, 4.69) is 29.0 Å². The first kappa shape index (κ1) is 24.1. The number of rotatable bonds is 12. The number of nitrogens with zero attached hydrogens (tertiary/aromatic N) is 2. The number of nitrogens with one attached hydrogen (secondary N) is 1. The van der Waals surface area contributed by atoms with Gasteiger partial charge in [-0.05, 0) is 51.9 Å². The van der Waals surface area contributed by atoms with Crippen molar-refractivity contribution in [3.8, 4) is 11.5 Å². The number of carbonyl (C=O) groups excluding carboxylic acids is 1. The van der Waals surface area contributed by atoms with Gasteiger partial charge in [0.05, 0.1) is 11.4 Å². The van der Waals surface area contributed by atoms with Crippen molar-refractivity contribution in [3.05, 3.63) is 41.3 Å². The summed E-state index contributed by atoms with van der Waals surface area (Å²) in [7, 11) is -3.65. The zero-order valence-electron chi connectivity index (χ0n) is 18.4. The average Bonchev–Trinajstić information content (AvgIpc) is 3.02. The van der Waals surface area contributed by atoms with Crippen LogP contribution in [0.5, 0.6) is 0 Å². The van der Waals surface area contributed by atoms with E-state index in [0.717, 1.165) is 43.6 Å². The quantitative estimate of drug-likeness (QED) is 0.551. The van der Waals surface area contributed by atoms with E-state index in [1.54, 1.807) is 6.92 Å². The average molecular weight is 436 g/mol. The van der Waals surface area contributed by atoms with Crippen LogP contribution in [-0.2, 0) is 20.4 Å². The van der Waals surface area contributed by atoms with Crippen LogP contribution in [0, 0.1) is 13.8 Å². The maximum atomic E-state index is 12.5. The Balaban J connectivity index is 1.91. The molecule has 1 amide bonds. The lowest BCUT2D eigenvalue weighted by atomic mass is 10.1. The van der Waals surface area contributed by atoms with Gasteiger partial charge < -0.3 is 14.6 Å². The van der Waals surface area contributed by atoms with Crippen LogP contribution in [-0.4, -0.2) is 56.1 Å². The number of hydrogen-bond donors (Lipinski definition) is 1. The third-order valence-electron chi connectivity index (χ3n) is 4.73. The molecule has 0 saturated carbocycles. The van der Waals surface area contributed by atoms with Gasteiger partial charge in [-0.2, -0.15) is 0 Å². The summed E-state index contributed by atoms with van der Waals surface area (Å²) in [5.41, 5.74) is 2.24. The summed E-state index contributed by atoms with van der Waals surface area (Å²) in [6, 6.07) is 7.65. The molecule has 0 bridgehead atoms. The molecule has 30 heavy (non-hydrogen) atoms. The molecule has 1 N–H and O–H groups in total. The van der Waals surface area contributed by atoms with Gasteiger partial charge in [0.2, 0.25) is 11.8 Å². The lowest BCUT2D eigenvalue weighted by Crippen LogP contribution is -2.38. The van der Waals surface area contributed by atoms with E-state index in [0.29, 0.717) is 23.9 Å². The van der Waals surface area contributed by atoms with Gasteiger partial charge in [-0.3, -0.25) is 4.79 Å². The Morgan fingerprint density at radius 1 is 1.07 bits per heavy atom. The Hall–Kier alpha value is -2.19. The number of sulfone groups is 1. The number of hydrogen-bond acceptors (Lipinski definition) is 6. The summed E-state index contributed by atoms with van der Waals surface area (Å²) in [5, 5.41) is 2.72. The second kappa shape index (κ2) is 11.3. The topological polar surface area (TPSA) is 92.5 Å². The third kappa shape index (κ3) is 7.57. The molecule has 8 heteroatoms. The fourth-order valence-electron chi connectivity index (χ4n) is 3.21. The summed E-state index contributed by atoms with van der Waals surface area (Å²) in [4.78, 5) is 18.7. The molecular weight excluding hydrogens is 402 g/mol. The molecule has 1 aromatic carbocycles. The molecule has 0 atom stereocenters. The number of aromatic nitrogens is 1. The van der Waals surface area contributed by atoms with Crippen molar-refractivity contribution < 1.29 is 17.6 Å². The molecule has 2 rings (SSSR count). The summed E-state index contributed by atoms with van der Waals surface area (Å²) in [5.74, 6) is -0.526. The van der Waals surface area contributed by atoms with Gasteiger partial charge >= 0.3 is 0 Å². The summed E-state index contributed by atoms with van der Waals surface area (Å²) in [6.07, 6.45) is 2.09. The summed E-state index contributed by atoms with van der Waals surface area (Å²) >= 11 is 0. The molecule has 0 spiro atoms. The zero-order chi connectivity index (χ0) is 22.1. The van der Waals surface area contributed by atoms with E-state index < -0.39 is 21.5 Å². The Morgan fingerprint density at radius 2 is 1.70 bits per heavy atom. The molecule has 0 unspecified atom stereocenters. The van der Waals surface area contributed by atoms with Crippen molar-refractivity contribution >= 4 is 15.7 Å². The van der Waals surface area contributed by atoms with Crippen molar-refractivity contribution in [2.75, 3.05) is 31.9 Å². The smallest absolute Gasteiger partial charge is 0.235 e. The van der Waals surface area contributed by atoms with Gasteiger partial charge in [0.25, 0.3) is 0 Å². The van der Waals surface area contributed by atoms with E-state index in [9.17, 15) is 13.2 Å². The highest BCUT2D eigenvalue weighted by Gasteiger charge is 2.22. The van der Waals surface area contributed by atoms with Gasteiger partial charge in [-0.1, -0.05) is 31.5 Å². The van der Waals surface area contributed by atoms with Gasteiger partial charge in [0.1, 0.15) is 11.5 Å². The van der Waals surface area contributed by atoms with Crippen LogP contribution in [0.25, 0.3) is 11.5 Å². The molecule has 2 aromatic rings. The SMILES string of the molecule is CCCN(CCC)CCNC(=O)CS(=O)(=O)Cc1nc(-c2ccc(C)cc2)oc1C. The molecule has 1 heterocycles. The number of carbonyl (C=O) groups is 1. The number of benzene rings is 1. The summed E-state index contributed by atoms with van der Waals surface area (Å²) < 4.78 is 30.7. The van der Waals surface area contributed by atoms with Crippen molar-refractivity contribution in [2.45, 2.75) is 46.3 Å². The Labute approximate surface area is 179 Å². The first-order valence-electron chi connectivity index (χ1n) is 10.5. The van der Waals surface area contributed by atoms with E-state index in [-0.39, 0.29) is 5.75 Å². The Morgan fingerprint density at radius 3 is 2.30 bits per heavy atom. The van der Waals surface area contributed by atoms with Crippen LogP contribution in [0.2, 0.25) is 0 Å². The zero-order valence-corrected chi connectivity index (χ0v) is 19.2. The van der Waals surface area contributed by atoms with Crippen molar-refractivity contribution in [3.63, 3.8) is 0 Å². The molecule has 0 radical (unpaired) electrons. The van der Waals surface area contributed by atoms with Gasteiger partial charge in [0.15, 0.2) is 9.84 Å². The molecule has 166 valence electrons. The van der Waals surface area contributed by atoms with Crippen molar-refractivity contribution in [2.24, 2.45) is 0 Å². The van der Waals surface area contributed by atoms with Crippen LogP contribution in [0.3, 0.4) is 0 Å². The third-order valence-corrected chi connectivity index (χ3v) is 6.14. The maximum Gasteiger partial charge on any atom is 0.235 e. The molecular formula is C22H33N3O4S. The second-order valence-corrected chi connectivity index (χ2v) is 9.68. The normalized spacial score (nSPS) is 11.8. The fraction of sp³-hybridized carbons (Fsp3) is 0.545. The lowest BCUT2D eigenvalue weighted by Gasteiger charge is -2.20. The number of amides is 1. The molecule has 0 aliphatic heterocycles. The molecule has 0 aliphatic carbocycles. The van der Waals surface area contributed by atoms with Crippen molar-refractivity contribution in [1.82, 2.24) is 15.2 Å². The molecule has 7 nitrogen and oxygen atoms in total. The van der Waals surface area contributed by atoms with E-state index in [1.165, 1.54) is 0 Å². The van der Waals surface area contributed by atoms with Gasteiger partial charge in [-0.15, -0.1) is 0 Å². The van der Waals surface area contributed by atoms with E-state index in [1.807, 2.05) is 31.2 Å². The molecule has 0 fully saturated rings. The number of oxazole rings is 1. The standard InChI is InChI=1S/C22H33N3O4S/c1-5-12-25(13-6-2)14-11-23-21(26)16-30(27,28)15-20-18(4)29-22(24-20)19-9-7-17(3)8-10-19/h7-10H,5-6,11-16H2,1-4H3,(H,23,26). The molecule has 1 aromatic heterocycles. The first-order chi connectivity index (χ1) is 14.2. The highest BCUT2D eigenvalue weighted by molar-refractivity contribution is 7.91. The highest BCUT2D eigenvalue weighted by Crippen LogP contribution is 2.23. The van der Waals surface area contributed by atoms with Crippen LogP contribution < -0.4 is 5.32 Å². The fourth-order valence-corrected chi connectivity index (χ4v) is 4.50. The highest BCUT2D eigenvalue weighted by atomic mass is 32.2. The Kier molecular flexibility index (Phi) is 9.05. The van der Waals surface area contributed by atoms with Gasteiger partial charge in [0, 0.05) is 18.7 Å². The predicted molar refractivity (Wildman–Crippen MR) is 119 cm³/mol. The molecule has 0 saturated heterocycles. The minimum absolute atomic E-state index is 0.320. The number of aryl methyl sites for hydroxylation is 2. The Bertz CT molecular complexity index is 914. The minimum atomic E-state index is -3.65. The first-order valence-corrected chi connectivity index (χ1v) is 12.3. The molecule has 0 aliphatic rings. The van der Waals surface area contributed by atoms with Crippen molar-refractivity contribution in [1.29, 1.82) is 0 Å². The lowest BCUT2D eigenvalue weighted by molar-refractivity contribution is -0.118. The van der Waals surface area contributed by atoms with Crippen LogP contribution >= 0.6 is 0 Å². The van der Waals surface area contributed by atoms with Gasteiger partial charge in [-0.25, -0.2) is 13.4 Å². The van der Waals surface area contributed by atoms with E-state index in [4.69, 9.17) is 4.42 Å². The predicted octanol–water partition coefficient (Wildman–Crippen LogP) is 3.11. The minimum Gasteiger partial charge on any atom is -0.441 e. The van der Waals surface area contributed by atoms with Crippen LogP contribution in [0.1, 0.15) is 43.7 Å².